The van der Waals surface area contributed by atoms with Gasteiger partial charge in [0.25, 0.3) is 0 Å². The van der Waals surface area contributed by atoms with E-state index in [1.807, 2.05) is 0 Å². The van der Waals surface area contributed by atoms with E-state index in [0.29, 0.717) is 6.10 Å². The van der Waals surface area contributed by atoms with Crippen LogP contribution >= 0.6 is 0 Å². The van der Waals surface area contributed by atoms with Crippen LogP contribution in [0.25, 0.3) is 0 Å². The van der Waals surface area contributed by atoms with Crippen LogP contribution in [-0.2, 0) is 9.53 Å². The predicted molar refractivity (Wildman–Crippen MR) is 59.7 cm³/mol. The van der Waals surface area contributed by atoms with Gasteiger partial charge in [-0.25, -0.2) is 4.79 Å². The summed E-state index contributed by atoms with van der Waals surface area (Å²) in [5, 5.41) is 11.4. The average Bonchev–Trinajstić information content (AvgIpc) is 2.87. The Labute approximate surface area is 99.9 Å². The molecule has 0 aromatic rings. The number of urea groups is 1. The minimum Gasteiger partial charge on any atom is -0.481 e. The number of carbonyl (C=O) groups excluding carboxylic acids is 1. The standard InChI is InChI=1S/C11H18N2O4/c1-13(5-4-10(14)15)11(16)12-8-6-7-2-3-9(8)17-7/h7-9H,2-6H2,1H3,(H,12,16)(H,14,15). The molecule has 0 aliphatic carbocycles. The van der Waals surface area contributed by atoms with Crippen LogP contribution < -0.4 is 5.32 Å². The van der Waals surface area contributed by atoms with E-state index in [-0.39, 0.29) is 31.1 Å². The maximum absolute atomic E-state index is 11.8. The molecule has 0 spiro atoms. The van der Waals surface area contributed by atoms with Crippen LogP contribution in [-0.4, -0.2) is 53.8 Å². The molecule has 2 N–H and O–H groups in total. The molecule has 2 fully saturated rings. The van der Waals surface area contributed by atoms with Gasteiger partial charge in [0.1, 0.15) is 0 Å². The molecule has 2 aliphatic heterocycles. The van der Waals surface area contributed by atoms with Crippen LogP contribution in [0.2, 0.25) is 0 Å². The zero-order chi connectivity index (χ0) is 12.4. The van der Waals surface area contributed by atoms with Crippen LogP contribution in [0.5, 0.6) is 0 Å². The lowest BCUT2D eigenvalue weighted by Crippen LogP contribution is -2.47. The molecule has 2 heterocycles. The predicted octanol–water partition coefficient (Wildman–Crippen LogP) is 0.422. The largest absolute Gasteiger partial charge is 0.481 e. The van der Waals surface area contributed by atoms with Gasteiger partial charge in [0.15, 0.2) is 0 Å². The summed E-state index contributed by atoms with van der Waals surface area (Å²) >= 11 is 0. The molecule has 6 nitrogen and oxygen atoms in total. The number of carboxylic acid groups (broad SMARTS) is 1. The minimum absolute atomic E-state index is 0.0306. The molecule has 2 saturated heterocycles. The fourth-order valence-electron chi connectivity index (χ4n) is 2.42. The Morgan fingerprint density at radius 2 is 2.24 bits per heavy atom. The number of aliphatic carboxylic acids is 1. The van der Waals surface area contributed by atoms with E-state index in [1.54, 1.807) is 7.05 Å². The van der Waals surface area contributed by atoms with Crippen molar-refractivity contribution in [2.24, 2.45) is 0 Å². The van der Waals surface area contributed by atoms with Crippen molar-refractivity contribution in [2.75, 3.05) is 13.6 Å². The van der Waals surface area contributed by atoms with Gasteiger partial charge in [-0.3, -0.25) is 4.79 Å². The smallest absolute Gasteiger partial charge is 0.317 e. The lowest BCUT2D eigenvalue weighted by molar-refractivity contribution is -0.137. The van der Waals surface area contributed by atoms with E-state index in [9.17, 15) is 9.59 Å². The third kappa shape index (κ3) is 2.88. The summed E-state index contributed by atoms with van der Waals surface area (Å²) in [6.45, 7) is 0.225. The molecule has 3 atom stereocenters. The Morgan fingerprint density at radius 1 is 1.47 bits per heavy atom. The first kappa shape index (κ1) is 12.2. The van der Waals surface area contributed by atoms with E-state index >= 15 is 0 Å². The normalized spacial score (nSPS) is 30.3. The number of hydrogen-bond donors (Lipinski definition) is 2. The molecular weight excluding hydrogens is 224 g/mol. The highest BCUT2D eigenvalue weighted by Crippen LogP contribution is 2.34. The Kier molecular flexibility index (Phi) is 3.51. The number of amides is 2. The number of ether oxygens (including phenoxy) is 1. The number of fused-ring (bicyclic) bond motifs is 2. The van der Waals surface area contributed by atoms with E-state index < -0.39 is 5.97 Å². The molecule has 3 unspecified atom stereocenters. The number of nitrogens with one attached hydrogen (secondary N) is 1. The van der Waals surface area contributed by atoms with Crippen molar-refractivity contribution < 1.29 is 19.4 Å². The highest BCUT2D eigenvalue weighted by molar-refractivity contribution is 5.75. The molecule has 2 bridgehead atoms. The zero-order valence-electron chi connectivity index (χ0n) is 9.89. The maximum atomic E-state index is 11.8. The SMILES string of the molecule is CN(CCC(=O)O)C(=O)NC1CC2CCC1O2. The lowest BCUT2D eigenvalue weighted by Gasteiger charge is -2.24. The number of nitrogens with zero attached hydrogens (tertiary/aromatic N) is 1. The molecule has 2 rings (SSSR count). The first-order valence-electron chi connectivity index (χ1n) is 5.95. The highest BCUT2D eigenvalue weighted by Gasteiger charge is 2.41. The number of carbonyl (C=O) groups is 2. The highest BCUT2D eigenvalue weighted by atomic mass is 16.5. The summed E-state index contributed by atoms with van der Waals surface area (Å²) in [5.41, 5.74) is 0. The van der Waals surface area contributed by atoms with Crippen molar-refractivity contribution in [1.82, 2.24) is 10.2 Å². The van der Waals surface area contributed by atoms with Gasteiger partial charge >= 0.3 is 12.0 Å². The number of carboxylic acids is 1. The van der Waals surface area contributed by atoms with E-state index in [1.165, 1.54) is 4.90 Å². The van der Waals surface area contributed by atoms with Gasteiger partial charge in [0.05, 0.1) is 24.7 Å². The second-order valence-corrected chi connectivity index (χ2v) is 4.73. The number of rotatable bonds is 4. The Hall–Kier alpha value is -1.30. The molecule has 17 heavy (non-hydrogen) atoms. The molecule has 2 amide bonds. The van der Waals surface area contributed by atoms with Gasteiger partial charge in [0.2, 0.25) is 0 Å². The summed E-state index contributed by atoms with van der Waals surface area (Å²) in [7, 11) is 1.60. The molecule has 2 aliphatic rings. The van der Waals surface area contributed by atoms with Crippen LogP contribution in [0, 0.1) is 0 Å². The molecule has 0 aromatic carbocycles. The topological polar surface area (TPSA) is 78.9 Å². The zero-order valence-corrected chi connectivity index (χ0v) is 9.89. The van der Waals surface area contributed by atoms with Gasteiger partial charge in [-0.2, -0.15) is 0 Å². The minimum atomic E-state index is -0.895. The van der Waals surface area contributed by atoms with E-state index in [2.05, 4.69) is 5.32 Å². The molecule has 0 saturated carbocycles. The van der Waals surface area contributed by atoms with Gasteiger partial charge in [-0.1, -0.05) is 0 Å². The second-order valence-electron chi connectivity index (χ2n) is 4.73. The van der Waals surface area contributed by atoms with E-state index in [0.717, 1.165) is 19.3 Å². The van der Waals surface area contributed by atoms with Crippen molar-refractivity contribution in [3.63, 3.8) is 0 Å². The van der Waals surface area contributed by atoms with Gasteiger partial charge < -0.3 is 20.1 Å². The van der Waals surface area contributed by atoms with Crippen LogP contribution in [0.15, 0.2) is 0 Å². The van der Waals surface area contributed by atoms with Crippen LogP contribution in [0.1, 0.15) is 25.7 Å². The third-order valence-corrected chi connectivity index (χ3v) is 3.42. The fraction of sp³-hybridized carbons (Fsp3) is 0.818. The second kappa shape index (κ2) is 4.91. The maximum Gasteiger partial charge on any atom is 0.317 e. The Balaban J connectivity index is 1.75. The fourth-order valence-corrected chi connectivity index (χ4v) is 2.42. The molecule has 96 valence electrons. The number of hydrogen-bond acceptors (Lipinski definition) is 3. The van der Waals surface area contributed by atoms with Crippen molar-refractivity contribution in [3.05, 3.63) is 0 Å². The van der Waals surface area contributed by atoms with E-state index in [4.69, 9.17) is 9.84 Å². The molecule has 0 aromatic heterocycles. The summed E-state index contributed by atoms with van der Waals surface area (Å²) in [4.78, 5) is 23.6. The average molecular weight is 242 g/mol. The van der Waals surface area contributed by atoms with Gasteiger partial charge in [-0.05, 0) is 19.3 Å². The molecular formula is C11H18N2O4. The third-order valence-electron chi connectivity index (χ3n) is 3.42. The Morgan fingerprint density at radius 3 is 2.76 bits per heavy atom. The van der Waals surface area contributed by atoms with Crippen LogP contribution in [0.3, 0.4) is 0 Å². The summed E-state index contributed by atoms with van der Waals surface area (Å²) in [5.74, 6) is -0.895. The quantitative estimate of drug-likeness (QED) is 0.749. The van der Waals surface area contributed by atoms with Crippen molar-refractivity contribution >= 4 is 12.0 Å². The van der Waals surface area contributed by atoms with Gasteiger partial charge in [-0.15, -0.1) is 0 Å². The first-order valence-corrected chi connectivity index (χ1v) is 5.95. The summed E-state index contributed by atoms with van der Waals surface area (Å²) in [6, 6.07) is -0.124. The molecule has 6 heteroatoms. The van der Waals surface area contributed by atoms with Crippen molar-refractivity contribution in [1.29, 1.82) is 0 Å². The van der Waals surface area contributed by atoms with Crippen molar-refractivity contribution in [3.8, 4) is 0 Å². The molecule has 0 radical (unpaired) electrons. The van der Waals surface area contributed by atoms with Crippen molar-refractivity contribution in [2.45, 2.75) is 43.9 Å². The Bertz CT molecular complexity index is 321. The summed E-state index contributed by atoms with van der Waals surface area (Å²) < 4.78 is 5.64. The monoisotopic (exact) mass is 242 g/mol. The van der Waals surface area contributed by atoms with Crippen LogP contribution in [0.4, 0.5) is 4.79 Å². The van der Waals surface area contributed by atoms with Gasteiger partial charge in [0, 0.05) is 13.6 Å². The lowest BCUT2D eigenvalue weighted by atomic mass is 9.96. The summed E-state index contributed by atoms with van der Waals surface area (Å²) in [6.07, 6.45) is 3.40. The first-order chi connectivity index (χ1) is 8.06.